The normalized spacial score (nSPS) is 13.1. The molecule has 0 saturated carbocycles. The maximum atomic E-state index is 2.54. The highest BCUT2D eigenvalue weighted by atomic mass is 14.4. The van der Waals surface area contributed by atoms with Gasteiger partial charge in [-0.25, -0.2) is 0 Å². The summed E-state index contributed by atoms with van der Waals surface area (Å²) in [4.78, 5) is 0. The van der Waals surface area contributed by atoms with E-state index in [1.54, 1.807) is 0 Å². The Morgan fingerprint density at radius 1 is 0.273 bits per heavy atom. The van der Waals surface area contributed by atoms with Crippen LogP contribution in [0.3, 0.4) is 0 Å². The molecule has 10 aromatic rings. The summed E-state index contributed by atoms with van der Waals surface area (Å²) in [5.41, 5.74) is 15.3. The molecule has 55 heavy (non-hydrogen) atoms. The minimum absolute atomic E-state index is 0.126. The molecule has 0 aliphatic heterocycles. The third-order valence-corrected chi connectivity index (χ3v) is 12.2. The molecule has 0 saturated heterocycles. The Labute approximate surface area is 322 Å². The Morgan fingerprint density at radius 2 is 0.782 bits per heavy atom. The molecule has 1 aliphatic rings. The van der Waals surface area contributed by atoms with E-state index in [1.807, 2.05) is 0 Å². The lowest BCUT2D eigenvalue weighted by atomic mass is 9.79. The lowest BCUT2D eigenvalue weighted by molar-refractivity contribution is 0.661. The summed E-state index contributed by atoms with van der Waals surface area (Å²) >= 11 is 0. The van der Waals surface area contributed by atoms with Crippen LogP contribution in [-0.4, -0.2) is 0 Å². The molecule has 0 aromatic heterocycles. The molecule has 0 heteroatoms. The van der Waals surface area contributed by atoms with E-state index in [0.29, 0.717) is 0 Å². The van der Waals surface area contributed by atoms with Gasteiger partial charge in [-0.05, 0) is 146 Å². The number of hydrogen-bond donors (Lipinski definition) is 0. The molecule has 1 aliphatic carbocycles. The quantitative estimate of drug-likeness (QED) is 0.161. The Hall–Kier alpha value is -6.76. The lowest BCUT2D eigenvalue weighted by Gasteiger charge is -2.24. The highest BCUT2D eigenvalue weighted by Crippen LogP contribution is 2.53. The summed E-state index contributed by atoms with van der Waals surface area (Å²) in [6.07, 6.45) is 0. The van der Waals surface area contributed by atoms with Gasteiger partial charge in [0.2, 0.25) is 0 Å². The summed E-state index contributed by atoms with van der Waals surface area (Å²) in [5.74, 6) is 0. The van der Waals surface area contributed by atoms with Crippen molar-refractivity contribution in [1.82, 2.24) is 0 Å². The molecule has 0 nitrogen and oxygen atoms in total. The maximum Gasteiger partial charge on any atom is 0.0159 e. The van der Waals surface area contributed by atoms with E-state index in [2.05, 4.69) is 208 Å². The number of benzene rings is 10. The van der Waals surface area contributed by atoms with Crippen molar-refractivity contribution in [3.05, 3.63) is 205 Å². The zero-order valence-corrected chi connectivity index (χ0v) is 31.0. The topological polar surface area (TPSA) is 0 Å². The molecule has 10 aromatic carbocycles. The van der Waals surface area contributed by atoms with E-state index >= 15 is 0 Å². The van der Waals surface area contributed by atoms with Crippen LogP contribution in [0.4, 0.5) is 0 Å². The van der Waals surface area contributed by atoms with Crippen LogP contribution in [0, 0.1) is 0 Å². The molecule has 0 fully saturated rings. The van der Waals surface area contributed by atoms with E-state index in [1.165, 1.54) is 110 Å². The number of rotatable bonds is 4. The third-order valence-electron chi connectivity index (χ3n) is 12.2. The average molecular weight is 699 g/mol. The Balaban J connectivity index is 1.28. The van der Waals surface area contributed by atoms with Crippen LogP contribution in [0.5, 0.6) is 0 Å². The smallest absolute Gasteiger partial charge is 0.0159 e. The highest BCUT2D eigenvalue weighted by Gasteiger charge is 2.36. The Bertz CT molecular complexity index is 3160. The lowest BCUT2D eigenvalue weighted by Crippen LogP contribution is -2.14. The molecule has 258 valence electrons. The van der Waals surface area contributed by atoms with Crippen LogP contribution in [0.15, 0.2) is 194 Å². The highest BCUT2D eigenvalue weighted by molar-refractivity contribution is 6.23. The van der Waals surface area contributed by atoms with E-state index in [9.17, 15) is 0 Å². The fourth-order valence-corrected chi connectivity index (χ4v) is 9.42. The second-order valence-corrected chi connectivity index (χ2v) is 15.7. The van der Waals surface area contributed by atoms with Gasteiger partial charge in [0.05, 0.1) is 0 Å². The van der Waals surface area contributed by atoms with Crippen molar-refractivity contribution in [2.75, 3.05) is 0 Å². The fraction of sp³-hybridized carbons (Fsp3) is 0.0545. The first-order valence-corrected chi connectivity index (χ1v) is 19.3. The molecule has 0 bridgehead atoms. The largest absolute Gasteiger partial charge is 0.0622 e. The first-order valence-electron chi connectivity index (χ1n) is 19.3. The maximum absolute atomic E-state index is 2.54. The molecule has 0 atom stereocenters. The van der Waals surface area contributed by atoms with Gasteiger partial charge in [-0.2, -0.15) is 0 Å². The second-order valence-electron chi connectivity index (χ2n) is 15.7. The second kappa shape index (κ2) is 12.1. The van der Waals surface area contributed by atoms with Crippen LogP contribution < -0.4 is 0 Å². The predicted octanol–water partition coefficient (Wildman–Crippen LogP) is 15.3. The van der Waals surface area contributed by atoms with Crippen molar-refractivity contribution < 1.29 is 0 Å². The van der Waals surface area contributed by atoms with Crippen LogP contribution in [-0.2, 0) is 5.41 Å². The van der Waals surface area contributed by atoms with E-state index in [-0.39, 0.29) is 5.41 Å². The summed E-state index contributed by atoms with van der Waals surface area (Å²) in [6.45, 7) is 4.78. The predicted molar refractivity (Wildman–Crippen MR) is 236 cm³/mol. The van der Waals surface area contributed by atoms with Crippen molar-refractivity contribution in [2.24, 2.45) is 0 Å². The zero-order chi connectivity index (χ0) is 36.7. The van der Waals surface area contributed by atoms with E-state index in [0.717, 1.165) is 0 Å². The molecular weight excluding hydrogens is 661 g/mol. The third kappa shape index (κ3) is 4.99. The average Bonchev–Trinajstić information content (AvgIpc) is 3.46. The van der Waals surface area contributed by atoms with E-state index < -0.39 is 0 Å². The van der Waals surface area contributed by atoms with Crippen molar-refractivity contribution in [3.8, 4) is 55.6 Å². The first kappa shape index (κ1) is 31.7. The number of hydrogen-bond acceptors (Lipinski definition) is 0. The van der Waals surface area contributed by atoms with Gasteiger partial charge in [-0.15, -0.1) is 0 Å². The molecule has 0 N–H and O–H groups in total. The van der Waals surface area contributed by atoms with Gasteiger partial charge >= 0.3 is 0 Å². The van der Waals surface area contributed by atoms with Gasteiger partial charge in [0.15, 0.2) is 0 Å². The monoisotopic (exact) mass is 698 g/mol. The van der Waals surface area contributed by atoms with Crippen LogP contribution in [0.1, 0.15) is 25.0 Å². The molecule has 0 spiro atoms. The number of fused-ring (bicyclic) bond motifs is 7. The van der Waals surface area contributed by atoms with Gasteiger partial charge in [0.25, 0.3) is 0 Å². The SMILES string of the molecule is CC1(C)c2ccccc2-c2cc3c(-c4ccc5ccccc5c4)c4ccc(-c5cccc(-c6ccccc6)c5)cc4c(-c4ccc5ccccc5c4)c3cc21. The van der Waals surface area contributed by atoms with Gasteiger partial charge in [0, 0.05) is 5.41 Å². The van der Waals surface area contributed by atoms with Crippen LogP contribution >= 0.6 is 0 Å². The molecule has 0 radical (unpaired) electrons. The molecule has 0 amide bonds. The van der Waals surface area contributed by atoms with E-state index in [4.69, 9.17) is 0 Å². The van der Waals surface area contributed by atoms with Gasteiger partial charge in [-0.3, -0.25) is 0 Å². The van der Waals surface area contributed by atoms with Gasteiger partial charge in [0.1, 0.15) is 0 Å². The zero-order valence-electron chi connectivity index (χ0n) is 31.0. The summed E-state index contributed by atoms with van der Waals surface area (Å²) in [6, 6.07) is 72.4. The van der Waals surface area contributed by atoms with Crippen LogP contribution in [0.2, 0.25) is 0 Å². The van der Waals surface area contributed by atoms with Crippen LogP contribution in [0.25, 0.3) is 98.7 Å². The molecular formula is C55H38. The van der Waals surface area contributed by atoms with Crippen molar-refractivity contribution in [1.29, 1.82) is 0 Å². The minimum atomic E-state index is -0.126. The van der Waals surface area contributed by atoms with Gasteiger partial charge < -0.3 is 0 Å². The van der Waals surface area contributed by atoms with Crippen molar-refractivity contribution in [2.45, 2.75) is 19.3 Å². The summed E-state index contributed by atoms with van der Waals surface area (Å²) < 4.78 is 0. The van der Waals surface area contributed by atoms with Crippen molar-refractivity contribution >= 4 is 43.1 Å². The molecule has 11 rings (SSSR count). The molecule has 0 heterocycles. The first-order chi connectivity index (χ1) is 27.0. The molecule has 0 unspecified atom stereocenters. The Kier molecular flexibility index (Phi) is 7.00. The summed E-state index contributed by atoms with van der Waals surface area (Å²) in [5, 5.41) is 10.1. The van der Waals surface area contributed by atoms with Crippen molar-refractivity contribution in [3.63, 3.8) is 0 Å². The summed E-state index contributed by atoms with van der Waals surface area (Å²) in [7, 11) is 0. The fourth-order valence-electron chi connectivity index (χ4n) is 9.42. The Morgan fingerprint density at radius 3 is 1.49 bits per heavy atom. The standard InChI is InChI=1S/C55H38/c1-55(2)51-22-11-10-21-45(51)47-33-49-50(34-52(47)55)54(44-26-24-37-16-7-9-18-39(37)31-44)48-32-42(41-20-12-19-40(29-41)35-13-4-3-5-14-35)27-28-46(48)53(49)43-25-23-36-15-6-8-17-38(36)30-43/h3-34H,1-2H3. The minimum Gasteiger partial charge on any atom is -0.0622 e. The van der Waals surface area contributed by atoms with Gasteiger partial charge in [-0.1, -0.05) is 172 Å².